The van der Waals surface area contributed by atoms with E-state index in [1.165, 1.54) is 18.2 Å². The third-order valence-electron chi connectivity index (χ3n) is 2.34. The maximum atomic E-state index is 12.4. The molecule has 1 atom stereocenters. The van der Waals surface area contributed by atoms with Crippen LogP contribution in [0.2, 0.25) is 0 Å². The van der Waals surface area contributed by atoms with Crippen LogP contribution in [0, 0.1) is 0 Å². The molecule has 0 spiro atoms. The standard InChI is InChI=1S/C11H11BrF3NO3/c1-10(18,11(13,14)15)5-19-8-4-6(9(16)17)2-3-7(8)12/h2-4,18H,5H2,1H3,(H2,16,17). The van der Waals surface area contributed by atoms with Crippen LogP contribution in [0.4, 0.5) is 13.2 Å². The highest BCUT2D eigenvalue weighted by molar-refractivity contribution is 9.10. The first-order chi connectivity index (χ1) is 8.54. The lowest BCUT2D eigenvalue weighted by Crippen LogP contribution is -2.47. The van der Waals surface area contributed by atoms with Gasteiger partial charge in [0.25, 0.3) is 0 Å². The molecule has 106 valence electrons. The van der Waals surface area contributed by atoms with E-state index >= 15 is 0 Å². The Bertz CT molecular complexity index is 489. The van der Waals surface area contributed by atoms with Crippen molar-refractivity contribution in [1.29, 1.82) is 0 Å². The molecule has 0 aromatic heterocycles. The fraction of sp³-hybridized carbons (Fsp3) is 0.364. The van der Waals surface area contributed by atoms with Gasteiger partial charge in [-0.2, -0.15) is 13.2 Å². The number of aliphatic hydroxyl groups is 1. The molecule has 0 aliphatic carbocycles. The monoisotopic (exact) mass is 341 g/mol. The molecule has 0 saturated carbocycles. The van der Waals surface area contributed by atoms with Crippen LogP contribution in [0.15, 0.2) is 22.7 Å². The van der Waals surface area contributed by atoms with E-state index in [9.17, 15) is 23.1 Å². The average Bonchev–Trinajstić information content (AvgIpc) is 2.26. The first kappa shape index (κ1) is 15.8. The van der Waals surface area contributed by atoms with Crippen LogP contribution < -0.4 is 10.5 Å². The van der Waals surface area contributed by atoms with E-state index in [-0.39, 0.29) is 11.3 Å². The molecular weight excluding hydrogens is 331 g/mol. The van der Waals surface area contributed by atoms with Crippen molar-refractivity contribution in [2.75, 3.05) is 6.61 Å². The smallest absolute Gasteiger partial charge is 0.420 e. The second-order valence-electron chi connectivity index (χ2n) is 4.07. The second-order valence-corrected chi connectivity index (χ2v) is 4.92. The number of carbonyl (C=O) groups is 1. The normalized spacial score (nSPS) is 14.8. The lowest BCUT2D eigenvalue weighted by Gasteiger charge is -2.26. The number of ether oxygens (including phenoxy) is 1. The number of primary amides is 1. The van der Waals surface area contributed by atoms with Gasteiger partial charge in [-0.25, -0.2) is 0 Å². The number of alkyl halides is 3. The second kappa shape index (κ2) is 5.38. The molecule has 1 rings (SSSR count). The Kier molecular flexibility index (Phi) is 4.46. The van der Waals surface area contributed by atoms with Gasteiger partial charge in [0.15, 0.2) is 5.60 Å². The van der Waals surface area contributed by atoms with Gasteiger partial charge < -0.3 is 15.6 Å². The first-order valence-electron chi connectivity index (χ1n) is 5.06. The number of carbonyl (C=O) groups excluding carboxylic acids is 1. The third-order valence-corrected chi connectivity index (χ3v) is 2.99. The average molecular weight is 342 g/mol. The maximum absolute atomic E-state index is 12.4. The maximum Gasteiger partial charge on any atom is 0.420 e. The highest BCUT2D eigenvalue weighted by Gasteiger charge is 2.50. The molecule has 0 heterocycles. The van der Waals surface area contributed by atoms with Gasteiger partial charge in [-0.1, -0.05) is 0 Å². The van der Waals surface area contributed by atoms with Crippen molar-refractivity contribution in [2.24, 2.45) is 5.73 Å². The van der Waals surface area contributed by atoms with E-state index in [2.05, 4.69) is 15.9 Å². The molecule has 0 radical (unpaired) electrons. The SMILES string of the molecule is CC(O)(COc1cc(C(N)=O)ccc1Br)C(F)(F)F. The van der Waals surface area contributed by atoms with Gasteiger partial charge in [0.2, 0.25) is 5.91 Å². The Morgan fingerprint density at radius 3 is 2.53 bits per heavy atom. The van der Waals surface area contributed by atoms with Gasteiger partial charge >= 0.3 is 6.18 Å². The van der Waals surface area contributed by atoms with Crippen LogP contribution in [0.5, 0.6) is 5.75 Å². The van der Waals surface area contributed by atoms with Crippen molar-refractivity contribution in [2.45, 2.75) is 18.7 Å². The molecule has 0 bridgehead atoms. The van der Waals surface area contributed by atoms with Crippen molar-refractivity contribution in [3.05, 3.63) is 28.2 Å². The topological polar surface area (TPSA) is 72.6 Å². The van der Waals surface area contributed by atoms with Crippen molar-refractivity contribution in [3.8, 4) is 5.75 Å². The zero-order valence-electron chi connectivity index (χ0n) is 9.79. The summed E-state index contributed by atoms with van der Waals surface area (Å²) in [5.41, 5.74) is 2.14. The summed E-state index contributed by atoms with van der Waals surface area (Å²) in [4.78, 5) is 10.9. The highest BCUT2D eigenvalue weighted by Crippen LogP contribution is 2.32. The molecule has 0 saturated heterocycles. The quantitative estimate of drug-likeness (QED) is 0.882. The van der Waals surface area contributed by atoms with Gasteiger partial charge in [-0.05, 0) is 41.1 Å². The van der Waals surface area contributed by atoms with E-state index in [1.54, 1.807) is 0 Å². The third kappa shape index (κ3) is 3.84. The zero-order chi connectivity index (χ0) is 14.8. The van der Waals surface area contributed by atoms with Crippen molar-refractivity contribution in [3.63, 3.8) is 0 Å². The zero-order valence-corrected chi connectivity index (χ0v) is 11.4. The van der Waals surface area contributed by atoms with Gasteiger partial charge in [0.05, 0.1) is 4.47 Å². The van der Waals surface area contributed by atoms with Gasteiger partial charge in [-0.3, -0.25) is 4.79 Å². The van der Waals surface area contributed by atoms with Crippen LogP contribution in [-0.4, -0.2) is 29.4 Å². The molecule has 1 aromatic carbocycles. The fourth-order valence-electron chi connectivity index (χ4n) is 1.07. The number of nitrogens with two attached hydrogens (primary N) is 1. The van der Waals surface area contributed by atoms with Crippen LogP contribution >= 0.6 is 15.9 Å². The molecular formula is C11H11BrF3NO3. The van der Waals surface area contributed by atoms with Crippen LogP contribution in [0.3, 0.4) is 0 Å². The molecule has 4 nitrogen and oxygen atoms in total. The fourth-order valence-corrected chi connectivity index (χ4v) is 1.43. The van der Waals surface area contributed by atoms with E-state index in [0.29, 0.717) is 11.4 Å². The first-order valence-corrected chi connectivity index (χ1v) is 5.85. The minimum atomic E-state index is -4.82. The summed E-state index contributed by atoms with van der Waals surface area (Å²) in [7, 11) is 0. The molecule has 3 N–H and O–H groups in total. The van der Waals surface area contributed by atoms with Crippen molar-refractivity contribution >= 4 is 21.8 Å². The van der Waals surface area contributed by atoms with Crippen LogP contribution in [0.1, 0.15) is 17.3 Å². The minimum absolute atomic E-state index is 0.0131. The van der Waals surface area contributed by atoms with E-state index in [1.807, 2.05) is 0 Å². The molecule has 1 unspecified atom stereocenters. The minimum Gasteiger partial charge on any atom is -0.489 e. The Hall–Kier alpha value is -1.28. The molecule has 1 amide bonds. The summed E-state index contributed by atoms with van der Waals surface area (Å²) in [5.74, 6) is -0.749. The molecule has 0 aliphatic rings. The number of benzene rings is 1. The molecule has 1 aromatic rings. The number of amides is 1. The Morgan fingerprint density at radius 1 is 1.47 bits per heavy atom. The van der Waals surface area contributed by atoms with Crippen molar-refractivity contribution < 1.29 is 27.8 Å². The summed E-state index contributed by atoms with van der Waals surface area (Å²) in [6, 6.07) is 4.00. The predicted octanol–water partition coefficient (Wildman–Crippen LogP) is 2.24. The van der Waals surface area contributed by atoms with Crippen LogP contribution in [0.25, 0.3) is 0 Å². The van der Waals surface area contributed by atoms with Gasteiger partial charge in [-0.15, -0.1) is 0 Å². The van der Waals surface area contributed by atoms with Gasteiger partial charge in [0, 0.05) is 5.56 Å². The van der Waals surface area contributed by atoms with E-state index < -0.39 is 24.3 Å². The molecule has 0 fully saturated rings. The molecule has 0 aliphatic heterocycles. The van der Waals surface area contributed by atoms with Crippen molar-refractivity contribution in [1.82, 2.24) is 0 Å². The number of hydrogen-bond acceptors (Lipinski definition) is 3. The summed E-state index contributed by atoms with van der Waals surface area (Å²) < 4.78 is 42.5. The largest absolute Gasteiger partial charge is 0.489 e. The lowest BCUT2D eigenvalue weighted by atomic mass is 10.1. The lowest BCUT2D eigenvalue weighted by molar-refractivity contribution is -0.260. The summed E-state index contributed by atoms with van der Waals surface area (Å²) >= 11 is 3.06. The van der Waals surface area contributed by atoms with E-state index in [0.717, 1.165) is 0 Å². The predicted molar refractivity (Wildman–Crippen MR) is 64.8 cm³/mol. The highest BCUT2D eigenvalue weighted by atomic mass is 79.9. The molecule has 19 heavy (non-hydrogen) atoms. The Balaban J connectivity index is 2.89. The van der Waals surface area contributed by atoms with E-state index in [4.69, 9.17) is 10.5 Å². The van der Waals surface area contributed by atoms with Gasteiger partial charge in [0.1, 0.15) is 12.4 Å². The number of hydrogen-bond donors (Lipinski definition) is 2. The van der Waals surface area contributed by atoms with Crippen LogP contribution in [-0.2, 0) is 0 Å². The Labute approximate surface area is 115 Å². The molecule has 8 heteroatoms. The number of rotatable bonds is 4. The summed E-state index contributed by atoms with van der Waals surface area (Å²) in [6.45, 7) is -0.407. The Morgan fingerprint density at radius 2 is 2.05 bits per heavy atom. The summed E-state index contributed by atoms with van der Waals surface area (Å²) in [6.07, 6.45) is -4.82. The number of halogens is 4. The summed E-state index contributed by atoms with van der Waals surface area (Å²) in [5, 5.41) is 9.22.